The van der Waals surface area contributed by atoms with E-state index >= 15 is 0 Å². The van der Waals surface area contributed by atoms with Crippen LogP contribution in [0.15, 0.2) is 0 Å². The van der Waals surface area contributed by atoms with Crippen LogP contribution in [0.5, 0.6) is 0 Å². The fraction of sp³-hybridized carbons (Fsp3) is 1.00. The van der Waals surface area contributed by atoms with Crippen LogP contribution in [-0.2, 0) is 4.74 Å². The molecule has 1 saturated heterocycles. The SMILES string of the molecule is CCC1CCCC(OC2CCN(CC)CC2)C1. The summed E-state index contributed by atoms with van der Waals surface area (Å²) in [7, 11) is 0. The Kier molecular flexibility index (Phi) is 5.30. The van der Waals surface area contributed by atoms with Gasteiger partial charge < -0.3 is 9.64 Å². The lowest BCUT2D eigenvalue weighted by molar-refractivity contribution is -0.0636. The normalized spacial score (nSPS) is 32.8. The molecule has 2 nitrogen and oxygen atoms in total. The molecule has 1 aliphatic heterocycles. The fourth-order valence-electron chi connectivity index (χ4n) is 3.37. The molecular weight excluding hydrogens is 210 g/mol. The van der Waals surface area contributed by atoms with Crippen LogP contribution in [0.3, 0.4) is 0 Å². The molecule has 1 aliphatic carbocycles. The van der Waals surface area contributed by atoms with Crippen molar-refractivity contribution in [1.29, 1.82) is 0 Å². The van der Waals surface area contributed by atoms with Crippen LogP contribution < -0.4 is 0 Å². The molecular formula is C15H29NO. The van der Waals surface area contributed by atoms with Crippen molar-refractivity contribution in [2.24, 2.45) is 5.92 Å². The Morgan fingerprint density at radius 3 is 2.41 bits per heavy atom. The zero-order valence-electron chi connectivity index (χ0n) is 11.7. The van der Waals surface area contributed by atoms with Crippen LogP contribution in [-0.4, -0.2) is 36.7 Å². The molecule has 0 spiro atoms. The molecule has 2 heteroatoms. The van der Waals surface area contributed by atoms with Crippen molar-refractivity contribution in [3.63, 3.8) is 0 Å². The fourth-order valence-corrected chi connectivity index (χ4v) is 3.37. The molecule has 0 aromatic carbocycles. The number of rotatable bonds is 4. The number of ether oxygens (including phenoxy) is 1. The zero-order chi connectivity index (χ0) is 12.1. The summed E-state index contributed by atoms with van der Waals surface area (Å²) in [6.07, 6.45) is 10.4. The molecule has 2 fully saturated rings. The van der Waals surface area contributed by atoms with E-state index in [0.717, 1.165) is 5.92 Å². The Morgan fingerprint density at radius 1 is 1.00 bits per heavy atom. The predicted octanol–water partition coefficient (Wildman–Crippen LogP) is 3.46. The number of likely N-dealkylation sites (tertiary alicyclic amines) is 1. The Labute approximate surface area is 107 Å². The van der Waals surface area contributed by atoms with Gasteiger partial charge in [0, 0.05) is 13.1 Å². The maximum absolute atomic E-state index is 6.33. The zero-order valence-corrected chi connectivity index (χ0v) is 11.7. The molecule has 2 aliphatic rings. The van der Waals surface area contributed by atoms with Crippen LogP contribution in [0.1, 0.15) is 58.8 Å². The van der Waals surface area contributed by atoms with E-state index < -0.39 is 0 Å². The lowest BCUT2D eigenvalue weighted by Crippen LogP contribution is -2.39. The van der Waals surface area contributed by atoms with Crippen molar-refractivity contribution < 1.29 is 4.74 Å². The standard InChI is InChI=1S/C15H29NO/c1-3-13-6-5-7-15(12-13)17-14-8-10-16(4-2)11-9-14/h13-15H,3-12H2,1-2H3. The highest BCUT2D eigenvalue weighted by Gasteiger charge is 2.26. The average molecular weight is 239 g/mol. The third-order valence-electron chi connectivity index (χ3n) is 4.68. The average Bonchev–Trinajstić information content (AvgIpc) is 2.40. The van der Waals surface area contributed by atoms with E-state index in [-0.39, 0.29) is 0 Å². The Morgan fingerprint density at radius 2 is 1.76 bits per heavy atom. The molecule has 17 heavy (non-hydrogen) atoms. The molecule has 0 N–H and O–H groups in total. The van der Waals surface area contributed by atoms with Gasteiger partial charge in [-0.3, -0.25) is 0 Å². The first kappa shape index (κ1) is 13.4. The van der Waals surface area contributed by atoms with E-state index in [1.165, 1.54) is 64.6 Å². The van der Waals surface area contributed by atoms with Gasteiger partial charge in [-0.05, 0) is 38.1 Å². The van der Waals surface area contributed by atoms with Crippen molar-refractivity contribution in [2.75, 3.05) is 19.6 Å². The molecule has 2 rings (SSSR count). The van der Waals surface area contributed by atoms with E-state index in [1.54, 1.807) is 0 Å². The maximum Gasteiger partial charge on any atom is 0.0603 e. The van der Waals surface area contributed by atoms with Crippen molar-refractivity contribution in [1.82, 2.24) is 4.90 Å². The monoisotopic (exact) mass is 239 g/mol. The van der Waals surface area contributed by atoms with Crippen LogP contribution >= 0.6 is 0 Å². The van der Waals surface area contributed by atoms with Crippen molar-refractivity contribution in [2.45, 2.75) is 71.0 Å². The summed E-state index contributed by atoms with van der Waals surface area (Å²) in [4.78, 5) is 2.54. The first-order chi connectivity index (χ1) is 8.31. The van der Waals surface area contributed by atoms with E-state index in [1.807, 2.05) is 0 Å². The Bertz CT molecular complexity index is 211. The number of piperidine rings is 1. The molecule has 100 valence electrons. The summed E-state index contributed by atoms with van der Waals surface area (Å²) >= 11 is 0. The van der Waals surface area contributed by atoms with Gasteiger partial charge in [-0.2, -0.15) is 0 Å². The van der Waals surface area contributed by atoms with Crippen molar-refractivity contribution >= 4 is 0 Å². The molecule has 0 aromatic rings. The van der Waals surface area contributed by atoms with Gasteiger partial charge in [-0.1, -0.05) is 33.1 Å². The second-order valence-electron chi connectivity index (χ2n) is 5.83. The van der Waals surface area contributed by atoms with E-state index in [2.05, 4.69) is 18.7 Å². The van der Waals surface area contributed by atoms with Crippen LogP contribution in [0.25, 0.3) is 0 Å². The van der Waals surface area contributed by atoms with Crippen LogP contribution in [0, 0.1) is 5.92 Å². The van der Waals surface area contributed by atoms with Gasteiger partial charge in [0.05, 0.1) is 12.2 Å². The summed E-state index contributed by atoms with van der Waals surface area (Å²) in [5.41, 5.74) is 0. The quantitative estimate of drug-likeness (QED) is 0.745. The molecule has 1 heterocycles. The van der Waals surface area contributed by atoms with Gasteiger partial charge in [0.1, 0.15) is 0 Å². The van der Waals surface area contributed by atoms with Gasteiger partial charge in [-0.15, -0.1) is 0 Å². The topological polar surface area (TPSA) is 12.5 Å². The van der Waals surface area contributed by atoms with Gasteiger partial charge in [0.25, 0.3) is 0 Å². The minimum atomic E-state index is 0.554. The second kappa shape index (κ2) is 6.75. The summed E-state index contributed by atoms with van der Waals surface area (Å²) in [6, 6.07) is 0. The molecule has 1 saturated carbocycles. The van der Waals surface area contributed by atoms with Gasteiger partial charge in [-0.25, -0.2) is 0 Å². The van der Waals surface area contributed by atoms with Crippen molar-refractivity contribution in [3.05, 3.63) is 0 Å². The molecule has 0 amide bonds. The maximum atomic E-state index is 6.33. The second-order valence-corrected chi connectivity index (χ2v) is 5.83. The predicted molar refractivity (Wildman–Crippen MR) is 72.3 cm³/mol. The summed E-state index contributed by atoms with van der Waals surface area (Å²) in [5.74, 6) is 0.935. The van der Waals surface area contributed by atoms with Crippen LogP contribution in [0.2, 0.25) is 0 Å². The lowest BCUT2D eigenvalue weighted by atomic mass is 9.85. The Hall–Kier alpha value is -0.0800. The number of nitrogens with zero attached hydrogens (tertiary/aromatic N) is 1. The lowest BCUT2D eigenvalue weighted by Gasteiger charge is -2.36. The molecule has 2 unspecified atom stereocenters. The third kappa shape index (κ3) is 3.96. The number of hydrogen-bond donors (Lipinski definition) is 0. The minimum absolute atomic E-state index is 0.554. The molecule has 0 aromatic heterocycles. The Balaban J connectivity index is 1.70. The van der Waals surface area contributed by atoms with Gasteiger partial charge >= 0.3 is 0 Å². The third-order valence-corrected chi connectivity index (χ3v) is 4.68. The van der Waals surface area contributed by atoms with E-state index in [4.69, 9.17) is 4.74 Å². The van der Waals surface area contributed by atoms with E-state index in [9.17, 15) is 0 Å². The molecule has 0 radical (unpaired) electrons. The summed E-state index contributed by atoms with van der Waals surface area (Å²) < 4.78 is 6.33. The van der Waals surface area contributed by atoms with Crippen molar-refractivity contribution in [3.8, 4) is 0 Å². The van der Waals surface area contributed by atoms with Gasteiger partial charge in [0.15, 0.2) is 0 Å². The van der Waals surface area contributed by atoms with Gasteiger partial charge in [0.2, 0.25) is 0 Å². The van der Waals surface area contributed by atoms with E-state index in [0.29, 0.717) is 12.2 Å². The summed E-state index contributed by atoms with van der Waals surface area (Å²) in [6.45, 7) is 8.27. The largest absolute Gasteiger partial charge is 0.375 e. The first-order valence-electron chi connectivity index (χ1n) is 7.69. The number of hydrogen-bond acceptors (Lipinski definition) is 2. The highest BCUT2D eigenvalue weighted by atomic mass is 16.5. The highest BCUT2D eigenvalue weighted by molar-refractivity contribution is 4.77. The molecule has 2 atom stereocenters. The highest BCUT2D eigenvalue weighted by Crippen LogP contribution is 2.30. The smallest absolute Gasteiger partial charge is 0.0603 e. The first-order valence-corrected chi connectivity index (χ1v) is 7.69. The minimum Gasteiger partial charge on any atom is -0.375 e. The molecule has 0 bridgehead atoms. The van der Waals surface area contributed by atoms with Crippen LogP contribution in [0.4, 0.5) is 0 Å². The summed E-state index contributed by atoms with van der Waals surface area (Å²) in [5, 5.41) is 0.